The monoisotopic (exact) mass is 188 g/mol. The fourth-order valence-electron chi connectivity index (χ4n) is 1.47. The Labute approximate surface area is 85.7 Å². The molecule has 0 radical (unpaired) electrons. The van der Waals surface area contributed by atoms with E-state index in [4.69, 9.17) is 4.74 Å². The fraction of sp³-hybridized carbons (Fsp3) is 0.231. The minimum absolute atomic E-state index is 0.640. The Hall–Kier alpha value is -1.34. The number of hydrogen-bond donors (Lipinski definition) is 0. The van der Waals surface area contributed by atoms with Gasteiger partial charge in [-0.15, -0.1) is 0 Å². The first-order valence-corrected chi connectivity index (χ1v) is 4.69. The topological polar surface area (TPSA) is 9.23 Å². The predicted octanol–water partition coefficient (Wildman–Crippen LogP) is 3.42. The molecule has 1 nitrogen and oxygen atoms in total. The Kier molecular flexibility index (Phi) is 4.14. The van der Waals surface area contributed by atoms with Gasteiger partial charge in [0.15, 0.2) is 0 Å². The van der Waals surface area contributed by atoms with Gasteiger partial charge in [-0.05, 0) is 23.6 Å². The van der Waals surface area contributed by atoms with Crippen LogP contribution < -0.4 is 0 Å². The molecule has 0 spiro atoms. The minimum atomic E-state index is 0.640. The number of benzene rings is 1. The van der Waals surface area contributed by atoms with E-state index in [0.717, 1.165) is 5.57 Å². The van der Waals surface area contributed by atoms with Crippen LogP contribution in [-0.2, 0) is 11.3 Å². The van der Waals surface area contributed by atoms with Crippen LogP contribution in [0.3, 0.4) is 0 Å². The quantitative estimate of drug-likeness (QED) is 0.658. The first kappa shape index (κ1) is 10.7. The lowest BCUT2D eigenvalue weighted by molar-refractivity contribution is 0.184. The molecular weight excluding hydrogens is 172 g/mol. The molecule has 0 aliphatic heterocycles. The summed E-state index contributed by atoms with van der Waals surface area (Å²) in [6.45, 7) is 6.46. The van der Waals surface area contributed by atoms with Crippen molar-refractivity contribution < 1.29 is 4.74 Å². The van der Waals surface area contributed by atoms with Crippen LogP contribution in [0.4, 0.5) is 0 Å². The van der Waals surface area contributed by atoms with E-state index >= 15 is 0 Å². The number of ether oxygens (including phenoxy) is 1. The van der Waals surface area contributed by atoms with E-state index in [1.54, 1.807) is 7.11 Å². The fourth-order valence-corrected chi connectivity index (χ4v) is 1.47. The summed E-state index contributed by atoms with van der Waals surface area (Å²) in [7, 11) is 1.71. The normalized spacial score (nSPS) is 11.4. The predicted molar refractivity (Wildman–Crippen MR) is 61.0 cm³/mol. The molecule has 0 aliphatic carbocycles. The lowest BCUT2D eigenvalue weighted by Gasteiger charge is -2.08. The van der Waals surface area contributed by atoms with E-state index in [-0.39, 0.29) is 0 Å². The van der Waals surface area contributed by atoms with Gasteiger partial charge < -0.3 is 4.74 Å². The molecule has 0 saturated carbocycles. The van der Waals surface area contributed by atoms with Gasteiger partial charge in [-0.25, -0.2) is 0 Å². The standard InChI is InChI=1S/C13H16O/c1-4-11(5-2)13-9-7-6-8-12(13)10-14-3/h4-9H,1,10H2,2-3H3/b11-5-. The zero-order valence-electron chi connectivity index (χ0n) is 8.79. The zero-order valence-corrected chi connectivity index (χ0v) is 8.79. The van der Waals surface area contributed by atoms with Crippen LogP contribution >= 0.6 is 0 Å². The van der Waals surface area contributed by atoms with Crippen molar-refractivity contribution in [2.24, 2.45) is 0 Å². The van der Waals surface area contributed by atoms with Crippen molar-refractivity contribution in [2.75, 3.05) is 7.11 Å². The third-order valence-electron chi connectivity index (χ3n) is 2.16. The van der Waals surface area contributed by atoms with Crippen LogP contribution in [0.25, 0.3) is 5.57 Å². The lowest BCUT2D eigenvalue weighted by Crippen LogP contribution is -1.93. The highest BCUT2D eigenvalue weighted by Crippen LogP contribution is 2.20. The number of allylic oxidation sites excluding steroid dienone is 3. The van der Waals surface area contributed by atoms with Gasteiger partial charge in [0.2, 0.25) is 0 Å². The Morgan fingerprint density at radius 2 is 2.14 bits per heavy atom. The molecule has 0 amide bonds. The molecule has 1 aromatic rings. The van der Waals surface area contributed by atoms with Gasteiger partial charge in [-0.1, -0.05) is 43.0 Å². The molecule has 0 heterocycles. The summed E-state index contributed by atoms with van der Waals surface area (Å²) in [5, 5.41) is 0. The molecule has 74 valence electrons. The molecular formula is C13H16O. The van der Waals surface area contributed by atoms with E-state index in [1.807, 2.05) is 25.1 Å². The van der Waals surface area contributed by atoms with Crippen molar-refractivity contribution in [2.45, 2.75) is 13.5 Å². The summed E-state index contributed by atoms with van der Waals surface area (Å²) in [5.41, 5.74) is 3.55. The van der Waals surface area contributed by atoms with Gasteiger partial charge in [0.25, 0.3) is 0 Å². The molecule has 0 aliphatic rings. The van der Waals surface area contributed by atoms with Gasteiger partial charge in [0.1, 0.15) is 0 Å². The van der Waals surface area contributed by atoms with Gasteiger partial charge in [0.05, 0.1) is 6.61 Å². The van der Waals surface area contributed by atoms with Crippen molar-refractivity contribution in [3.63, 3.8) is 0 Å². The lowest BCUT2D eigenvalue weighted by atomic mass is 10.00. The molecule has 0 unspecified atom stereocenters. The smallest absolute Gasteiger partial charge is 0.0719 e. The zero-order chi connectivity index (χ0) is 10.4. The molecule has 0 N–H and O–H groups in total. The Morgan fingerprint density at radius 1 is 1.43 bits per heavy atom. The van der Waals surface area contributed by atoms with Gasteiger partial charge in [-0.2, -0.15) is 0 Å². The SMILES string of the molecule is C=C/C(=C/C)c1ccccc1COC. The summed E-state index contributed by atoms with van der Waals surface area (Å²) in [6.07, 6.45) is 3.93. The third kappa shape index (κ3) is 2.33. The number of methoxy groups -OCH3 is 1. The molecule has 1 heteroatoms. The maximum absolute atomic E-state index is 5.15. The molecule has 0 bridgehead atoms. The summed E-state index contributed by atoms with van der Waals surface area (Å²) < 4.78 is 5.15. The molecule has 14 heavy (non-hydrogen) atoms. The highest BCUT2D eigenvalue weighted by Gasteiger charge is 2.02. The average Bonchev–Trinajstić information content (AvgIpc) is 2.23. The van der Waals surface area contributed by atoms with Crippen LogP contribution in [0.15, 0.2) is 43.0 Å². The van der Waals surface area contributed by atoms with Crippen molar-refractivity contribution in [3.8, 4) is 0 Å². The van der Waals surface area contributed by atoms with Crippen LogP contribution in [0.5, 0.6) is 0 Å². The Morgan fingerprint density at radius 3 is 2.71 bits per heavy atom. The van der Waals surface area contributed by atoms with E-state index in [2.05, 4.69) is 24.8 Å². The summed E-state index contributed by atoms with van der Waals surface area (Å²) >= 11 is 0. The molecule has 0 aromatic heterocycles. The summed E-state index contributed by atoms with van der Waals surface area (Å²) in [6, 6.07) is 8.22. The van der Waals surface area contributed by atoms with Crippen LogP contribution in [0.1, 0.15) is 18.1 Å². The van der Waals surface area contributed by atoms with Crippen LogP contribution in [0.2, 0.25) is 0 Å². The Bertz CT molecular complexity index is 337. The van der Waals surface area contributed by atoms with Crippen molar-refractivity contribution >= 4 is 5.57 Å². The van der Waals surface area contributed by atoms with E-state index in [9.17, 15) is 0 Å². The molecule has 0 atom stereocenters. The van der Waals surface area contributed by atoms with E-state index in [1.165, 1.54) is 11.1 Å². The van der Waals surface area contributed by atoms with Gasteiger partial charge in [0, 0.05) is 7.11 Å². The van der Waals surface area contributed by atoms with Crippen LogP contribution in [0, 0.1) is 0 Å². The number of rotatable bonds is 4. The van der Waals surface area contributed by atoms with Gasteiger partial charge in [-0.3, -0.25) is 0 Å². The van der Waals surface area contributed by atoms with E-state index in [0.29, 0.717) is 6.61 Å². The third-order valence-corrected chi connectivity index (χ3v) is 2.16. The van der Waals surface area contributed by atoms with Crippen molar-refractivity contribution in [1.82, 2.24) is 0 Å². The molecule has 0 saturated heterocycles. The second kappa shape index (κ2) is 5.40. The maximum Gasteiger partial charge on any atom is 0.0719 e. The summed E-state index contributed by atoms with van der Waals surface area (Å²) in [4.78, 5) is 0. The van der Waals surface area contributed by atoms with Crippen molar-refractivity contribution in [3.05, 3.63) is 54.1 Å². The second-order valence-electron chi connectivity index (χ2n) is 3.04. The first-order valence-electron chi connectivity index (χ1n) is 4.69. The Balaban J connectivity index is 3.11. The molecule has 1 rings (SSSR count). The first-order chi connectivity index (χ1) is 6.83. The molecule has 1 aromatic carbocycles. The highest BCUT2D eigenvalue weighted by atomic mass is 16.5. The second-order valence-corrected chi connectivity index (χ2v) is 3.04. The number of hydrogen-bond acceptors (Lipinski definition) is 1. The van der Waals surface area contributed by atoms with Crippen molar-refractivity contribution in [1.29, 1.82) is 0 Å². The van der Waals surface area contributed by atoms with E-state index < -0.39 is 0 Å². The maximum atomic E-state index is 5.15. The van der Waals surface area contributed by atoms with Crippen LogP contribution in [-0.4, -0.2) is 7.11 Å². The van der Waals surface area contributed by atoms with Gasteiger partial charge >= 0.3 is 0 Å². The summed E-state index contributed by atoms with van der Waals surface area (Å²) in [5.74, 6) is 0. The highest BCUT2D eigenvalue weighted by molar-refractivity contribution is 5.75. The average molecular weight is 188 g/mol. The largest absolute Gasteiger partial charge is 0.380 e. The minimum Gasteiger partial charge on any atom is -0.380 e. The molecule has 0 fully saturated rings.